The van der Waals surface area contributed by atoms with Crippen molar-refractivity contribution < 1.29 is 22.7 Å². The van der Waals surface area contributed by atoms with E-state index in [4.69, 9.17) is 4.74 Å². The number of anilines is 1. The first-order valence-corrected chi connectivity index (χ1v) is 14.2. The predicted molar refractivity (Wildman–Crippen MR) is 141 cm³/mol. The van der Waals surface area contributed by atoms with Crippen molar-refractivity contribution in [3.05, 3.63) is 59.7 Å². The summed E-state index contributed by atoms with van der Waals surface area (Å²) in [5.41, 5.74) is 2.22. The molecule has 196 valence electrons. The van der Waals surface area contributed by atoms with Gasteiger partial charge in [0.2, 0.25) is 21.8 Å². The summed E-state index contributed by atoms with van der Waals surface area (Å²) in [6.07, 6.45) is 6.25. The topological polar surface area (TPSA) is 96.0 Å². The van der Waals surface area contributed by atoms with Crippen molar-refractivity contribution in [3.63, 3.8) is 0 Å². The number of hydrogen-bond donors (Lipinski definition) is 1. The molecule has 36 heavy (non-hydrogen) atoms. The van der Waals surface area contributed by atoms with Gasteiger partial charge in [-0.1, -0.05) is 55.2 Å². The number of amides is 2. The zero-order chi connectivity index (χ0) is 26.3. The molecule has 1 fully saturated rings. The number of ether oxygens (including phenoxy) is 1. The zero-order valence-corrected chi connectivity index (χ0v) is 22.4. The maximum atomic E-state index is 13.7. The monoisotopic (exact) mass is 515 g/mol. The zero-order valence-electron chi connectivity index (χ0n) is 21.6. The third-order valence-corrected chi connectivity index (χ3v) is 7.72. The van der Waals surface area contributed by atoms with Crippen LogP contribution >= 0.6 is 0 Å². The van der Waals surface area contributed by atoms with Gasteiger partial charge in [-0.25, -0.2) is 8.42 Å². The van der Waals surface area contributed by atoms with E-state index in [2.05, 4.69) is 5.32 Å². The van der Waals surface area contributed by atoms with E-state index in [1.165, 1.54) is 18.4 Å². The lowest BCUT2D eigenvalue weighted by molar-refractivity contribution is -0.139. The number of methoxy groups -OCH3 is 1. The van der Waals surface area contributed by atoms with Crippen LogP contribution in [0.5, 0.6) is 5.75 Å². The Balaban J connectivity index is 1.88. The Labute approximate surface area is 214 Å². The molecule has 2 amide bonds. The molecule has 1 aliphatic carbocycles. The first kappa shape index (κ1) is 27.5. The van der Waals surface area contributed by atoms with Crippen LogP contribution in [0.3, 0.4) is 0 Å². The first-order valence-electron chi connectivity index (χ1n) is 12.4. The van der Waals surface area contributed by atoms with E-state index in [1.54, 1.807) is 31.2 Å². The molecule has 9 heteroatoms. The fourth-order valence-corrected chi connectivity index (χ4v) is 5.38. The molecule has 0 saturated heterocycles. The molecule has 3 rings (SSSR count). The number of rotatable bonds is 10. The molecule has 1 atom stereocenters. The molecule has 1 saturated carbocycles. The molecule has 0 spiro atoms. The Bertz CT molecular complexity index is 1160. The Hall–Kier alpha value is -3.07. The van der Waals surface area contributed by atoms with Gasteiger partial charge >= 0.3 is 0 Å². The van der Waals surface area contributed by atoms with Crippen LogP contribution in [-0.4, -0.2) is 57.1 Å². The van der Waals surface area contributed by atoms with E-state index in [0.29, 0.717) is 11.4 Å². The molecule has 0 heterocycles. The summed E-state index contributed by atoms with van der Waals surface area (Å²) < 4.78 is 31.7. The molecule has 0 unspecified atom stereocenters. The number of aryl methyl sites for hydroxylation is 1. The molecule has 2 aromatic rings. The Morgan fingerprint density at radius 1 is 1.08 bits per heavy atom. The molecule has 0 aromatic heterocycles. The Morgan fingerprint density at radius 2 is 1.78 bits per heavy atom. The molecule has 2 aromatic carbocycles. The molecule has 0 aliphatic heterocycles. The van der Waals surface area contributed by atoms with Gasteiger partial charge in [-0.15, -0.1) is 0 Å². The van der Waals surface area contributed by atoms with E-state index in [1.807, 2.05) is 31.2 Å². The molecule has 0 radical (unpaired) electrons. The highest BCUT2D eigenvalue weighted by Crippen LogP contribution is 2.24. The minimum Gasteiger partial charge on any atom is -0.497 e. The predicted octanol–water partition coefficient (Wildman–Crippen LogP) is 3.64. The molecule has 0 bridgehead atoms. The van der Waals surface area contributed by atoms with Crippen molar-refractivity contribution in [3.8, 4) is 5.75 Å². The molecule has 8 nitrogen and oxygen atoms in total. The van der Waals surface area contributed by atoms with Gasteiger partial charge in [0.1, 0.15) is 18.3 Å². The first-order chi connectivity index (χ1) is 17.1. The van der Waals surface area contributed by atoms with Gasteiger partial charge in [0.05, 0.1) is 19.1 Å². The van der Waals surface area contributed by atoms with Gasteiger partial charge in [0.25, 0.3) is 0 Å². The van der Waals surface area contributed by atoms with Crippen LogP contribution in [0.25, 0.3) is 0 Å². The van der Waals surface area contributed by atoms with Gasteiger partial charge in [-0.2, -0.15) is 0 Å². The normalized spacial score (nSPS) is 15.1. The van der Waals surface area contributed by atoms with Gasteiger partial charge in [-0.05, 0) is 44.4 Å². The molecular weight excluding hydrogens is 478 g/mol. The minimum absolute atomic E-state index is 0.105. The smallest absolute Gasteiger partial charge is 0.244 e. The third kappa shape index (κ3) is 7.46. The largest absolute Gasteiger partial charge is 0.497 e. The fraction of sp³-hybridized carbons (Fsp3) is 0.481. The van der Waals surface area contributed by atoms with Crippen molar-refractivity contribution in [1.29, 1.82) is 0 Å². The van der Waals surface area contributed by atoms with Crippen molar-refractivity contribution in [1.82, 2.24) is 10.2 Å². The van der Waals surface area contributed by atoms with Crippen LogP contribution < -0.4 is 14.4 Å². The van der Waals surface area contributed by atoms with Crippen LogP contribution in [-0.2, 0) is 26.2 Å². The summed E-state index contributed by atoms with van der Waals surface area (Å²) in [5, 5.41) is 3.10. The molecular formula is C27H37N3O5S. The molecule has 1 aliphatic rings. The highest BCUT2D eigenvalue weighted by atomic mass is 32.2. The van der Waals surface area contributed by atoms with Gasteiger partial charge in [-0.3, -0.25) is 13.9 Å². The summed E-state index contributed by atoms with van der Waals surface area (Å²) in [6, 6.07) is 13.6. The summed E-state index contributed by atoms with van der Waals surface area (Å²) >= 11 is 0. The standard InChI is InChI=1S/C27H37N3O5S/c1-20-10-8-11-22(16-20)18-29(21(2)27(32)28-23-12-6-5-7-13-23)26(31)19-30(36(4,33)34)24-14-9-15-25(17-24)35-3/h8-11,14-17,21,23H,5-7,12-13,18-19H2,1-4H3,(H,28,32)/t21-/m0/s1. The van der Waals surface area contributed by atoms with Crippen molar-refractivity contribution >= 4 is 27.5 Å². The van der Waals surface area contributed by atoms with Crippen LogP contribution in [0.15, 0.2) is 48.5 Å². The fourth-order valence-electron chi connectivity index (χ4n) is 4.54. The average molecular weight is 516 g/mol. The van der Waals surface area contributed by atoms with E-state index in [9.17, 15) is 18.0 Å². The van der Waals surface area contributed by atoms with E-state index in [-0.39, 0.29) is 18.5 Å². The number of hydrogen-bond acceptors (Lipinski definition) is 5. The summed E-state index contributed by atoms with van der Waals surface area (Å²) in [7, 11) is -2.30. The minimum atomic E-state index is -3.79. The lowest BCUT2D eigenvalue weighted by Gasteiger charge is -2.33. The highest BCUT2D eigenvalue weighted by Gasteiger charge is 2.31. The second kappa shape index (κ2) is 12.3. The summed E-state index contributed by atoms with van der Waals surface area (Å²) in [5.74, 6) is -0.211. The number of sulfonamides is 1. The van der Waals surface area contributed by atoms with Crippen molar-refractivity contribution in [2.75, 3.05) is 24.2 Å². The lowest BCUT2D eigenvalue weighted by Crippen LogP contribution is -2.52. The number of carbonyl (C=O) groups excluding carboxylic acids is 2. The molecule has 1 N–H and O–H groups in total. The SMILES string of the molecule is COc1cccc(N(CC(=O)N(Cc2cccc(C)c2)[C@@H](C)C(=O)NC2CCCCC2)S(C)(=O)=O)c1. The lowest BCUT2D eigenvalue weighted by atomic mass is 9.95. The Kier molecular flexibility index (Phi) is 9.37. The van der Waals surface area contributed by atoms with Crippen LogP contribution in [0.1, 0.15) is 50.2 Å². The number of nitrogens with one attached hydrogen (secondary N) is 1. The maximum absolute atomic E-state index is 13.7. The van der Waals surface area contributed by atoms with Crippen LogP contribution in [0.2, 0.25) is 0 Å². The van der Waals surface area contributed by atoms with Gasteiger partial charge in [0.15, 0.2) is 0 Å². The van der Waals surface area contributed by atoms with E-state index < -0.39 is 28.5 Å². The second-order valence-corrected chi connectivity index (χ2v) is 11.4. The highest BCUT2D eigenvalue weighted by molar-refractivity contribution is 7.92. The van der Waals surface area contributed by atoms with Crippen LogP contribution in [0, 0.1) is 6.92 Å². The van der Waals surface area contributed by atoms with Gasteiger partial charge < -0.3 is 15.0 Å². The van der Waals surface area contributed by atoms with Gasteiger partial charge in [0, 0.05) is 18.7 Å². The Morgan fingerprint density at radius 3 is 2.42 bits per heavy atom. The van der Waals surface area contributed by atoms with E-state index in [0.717, 1.165) is 47.4 Å². The summed E-state index contributed by atoms with van der Waals surface area (Å²) in [4.78, 5) is 28.3. The summed E-state index contributed by atoms with van der Waals surface area (Å²) in [6.45, 7) is 3.42. The third-order valence-electron chi connectivity index (χ3n) is 6.57. The maximum Gasteiger partial charge on any atom is 0.244 e. The quantitative estimate of drug-likeness (QED) is 0.521. The van der Waals surface area contributed by atoms with Crippen LogP contribution in [0.4, 0.5) is 5.69 Å². The number of nitrogens with zero attached hydrogens (tertiary/aromatic N) is 2. The van der Waals surface area contributed by atoms with Crippen molar-refractivity contribution in [2.45, 2.75) is 64.6 Å². The average Bonchev–Trinajstić information content (AvgIpc) is 2.85. The second-order valence-electron chi connectivity index (χ2n) is 9.50. The number of carbonyl (C=O) groups is 2. The van der Waals surface area contributed by atoms with Crippen molar-refractivity contribution in [2.24, 2.45) is 0 Å². The van der Waals surface area contributed by atoms with E-state index >= 15 is 0 Å². The number of benzene rings is 2.